The first-order valence-electron chi connectivity index (χ1n) is 6.83. The van der Waals surface area contributed by atoms with Gasteiger partial charge in [-0.2, -0.15) is 0 Å². The minimum absolute atomic E-state index is 0.273. The first-order chi connectivity index (χ1) is 9.75. The molecular weight excluding hydrogens is 250 g/mol. The predicted molar refractivity (Wildman–Crippen MR) is 78.8 cm³/mol. The molecule has 1 aliphatic rings. The van der Waals surface area contributed by atoms with Crippen molar-refractivity contribution in [2.75, 3.05) is 11.4 Å². The van der Waals surface area contributed by atoms with Crippen LogP contribution in [0.2, 0.25) is 0 Å². The van der Waals surface area contributed by atoms with Crippen LogP contribution in [-0.2, 0) is 11.3 Å². The highest BCUT2D eigenvalue weighted by Gasteiger charge is 2.30. The molecule has 0 saturated heterocycles. The molecule has 0 saturated carbocycles. The summed E-state index contributed by atoms with van der Waals surface area (Å²) in [5.74, 6) is 0.357. The second-order valence-corrected chi connectivity index (χ2v) is 5.11. The van der Waals surface area contributed by atoms with E-state index in [1.807, 2.05) is 48.5 Å². The van der Waals surface area contributed by atoms with Crippen molar-refractivity contribution >= 4 is 11.8 Å². The van der Waals surface area contributed by atoms with Crippen molar-refractivity contribution in [3.8, 4) is 0 Å². The molecule has 1 aliphatic heterocycles. The Labute approximate surface area is 118 Å². The lowest BCUT2D eigenvalue weighted by Gasteiger charge is -2.17. The molecule has 2 aromatic carbocycles. The number of nitrogens with zero attached hydrogens (tertiary/aromatic N) is 1. The number of carbonyl (C=O) groups is 1. The van der Waals surface area contributed by atoms with E-state index in [0.717, 1.165) is 11.3 Å². The number of hydrogen-bond donors (Lipinski definition) is 0. The zero-order chi connectivity index (χ0) is 13.9. The zero-order valence-corrected chi connectivity index (χ0v) is 11.5. The number of para-hydroxylation sites is 1. The van der Waals surface area contributed by atoms with Gasteiger partial charge in [-0.05, 0) is 17.2 Å². The minimum Gasteiger partial charge on any atom is -0.444 e. The van der Waals surface area contributed by atoms with E-state index in [4.69, 9.17) is 4.74 Å². The zero-order valence-electron chi connectivity index (χ0n) is 11.5. The molecule has 1 atom stereocenters. The second-order valence-electron chi connectivity index (χ2n) is 5.11. The van der Waals surface area contributed by atoms with Gasteiger partial charge in [0.05, 0.1) is 5.69 Å². The van der Waals surface area contributed by atoms with Crippen molar-refractivity contribution in [1.29, 1.82) is 0 Å². The van der Waals surface area contributed by atoms with E-state index in [0.29, 0.717) is 19.1 Å². The molecule has 0 N–H and O–H groups in total. The summed E-state index contributed by atoms with van der Waals surface area (Å²) in [7, 11) is 0. The van der Waals surface area contributed by atoms with Gasteiger partial charge in [0.2, 0.25) is 0 Å². The predicted octanol–water partition coefficient (Wildman–Crippen LogP) is 3.95. The maximum atomic E-state index is 12.2. The highest BCUT2D eigenvalue weighted by Crippen LogP contribution is 2.35. The first kappa shape index (κ1) is 12.7. The van der Waals surface area contributed by atoms with Gasteiger partial charge in [0, 0.05) is 12.5 Å². The lowest BCUT2D eigenvalue weighted by molar-refractivity contribution is 0.147. The largest absolute Gasteiger partial charge is 0.444 e. The molecule has 0 aromatic heterocycles. The summed E-state index contributed by atoms with van der Waals surface area (Å²) in [6.07, 6.45) is -0.273. The van der Waals surface area contributed by atoms with Crippen molar-refractivity contribution in [3.63, 3.8) is 0 Å². The topological polar surface area (TPSA) is 29.5 Å². The van der Waals surface area contributed by atoms with E-state index in [1.165, 1.54) is 5.56 Å². The third kappa shape index (κ3) is 2.39. The van der Waals surface area contributed by atoms with Gasteiger partial charge in [-0.1, -0.05) is 55.5 Å². The number of amides is 1. The van der Waals surface area contributed by atoms with Crippen molar-refractivity contribution in [2.45, 2.75) is 19.4 Å². The van der Waals surface area contributed by atoms with Gasteiger partial charge in [0.1, 0.15) is 6.61 Å². The van der Waals surface area contributed by atoms with Crippen LogP contribution in [0.3, 0.4) is 0 Å². The van der Waals surface area contributed by atoms with Crippen LogP contribution < -0.4 is 4.90 Å². The molecule has 3 nitrogen and oxygen atoms in total. The number of carbonyl (C=O) groups excluding carboxylic acids is 1. The third-order valence-electron chi connectivity index (χ3n) is 3.64. The molecule has 3 heteroatoms. The Balaban J connectivity index is 1.70. The molecule has 2 aromatic rings. The number of anilines is 1. The minimum atomic E-state index is -0.273. The third-order valence-corrected chi connectivity index (χ3v) is 3.64. The normalized spacial score (nSPS) is 16.9. The average Bonchev–Trinajstić information content (AvgIpc) is 2.84. The fourth-order valence-electron chi connectivity index (χ4n) is 2.59. The fraction of sp³-hybridized carbons (Fsp3) is 0.235. The quantitative estimate of drug-likeness (QED) is 0.824. The van der Waals surface area contributed by atoms with Crippen molar-refractivity contribution in [2.24, 2.45) is 0 Å². The van der Waals surface area contributed by atoms with Crippen LogP contribution in [0.4, 0.5) is 10.5 Å². The van der Waals surface area contributed by atoms with Gasteiger partial charge in [-0.3, -0.25) is 4.90 Å². The Hall–Kier alpha value is -2.29. The van der Waals surface area contributed by atoms with Crippen molar-refractivity contribution in [3.05, 3.63) is 65.7 Å². The number of fused-ring (bicyclic) bond motifs is 1. The molecule has 3 rings (SSSR count). The van der Waals surface area contributed by atoms with Crippen LogP contribution in [0.15, 0.2) is 54.6 Å². The van der Waals surface area contributed by atoms with E-state index >= 15 is 0 Å². The first-order valence-corrected chi connectivity index (χ1v) is 6.83. The van der Waals surface area contributed by atoms with Gasteiger partial charge in [-0.25, -0.2) is 4.79 Å². The molecule has 1 unspecified atom stereocenters. The molecule has 1 heterocycles. The van der Waals surface area contributed by atoms with Crippen molar-refractivity contribution < 1.29 is 9.53 Å². The average molecular weight is 267 g/mol. The molecule has 1 amide bonds. The Morgan fingerprint density at radius 3 is 2.65 bits per heavy atom. The van der Waals surface area contributed by atoms with E-state index in [-0.39, 0.29) is 6.09 Å². The molecule has 0 fully saturated rings. The second kappa shape index (κ2) is 5.37. The maximum Gasteiger partial charge on any atom is 0.414 e. The number of benzene rings is 2. The Morgan fingerprint density at radius 1 is 1.15 bits per heavy atom. The summed E-state index contributed by atoms with van der Waals surface area (Å²) in [6.45, 7) is 3.13. The van der Waals surface area contributed by atoms with E-state index < -0.39 is 0 Å². The molecule has 0 bridgehead atoms. The molecule has 0 radical (unpaired) electrons. The summed E-state index contributed by atoms with van der Waals surface area (Å²) >= 11 is 0. The standard InChI is InChI=1S/C17H17NO2/c1-13-11-18(16-10-6-5-9-15(13)16)17(19)20-12-14-7-3-2-4-8-14/h2-10,13H,11-12H2,1H3. The molecule has 0 aliphatic carbocycles. The Kier molecular flexibility index (Phi) is 3.42. The highest BCUT2D eigenvalue weighted by molar-refractivity contribution is 5.90. The molecule has 102 valence electrons. The summed E-state index contributed by atoms with van der Waals surface area (Å²) in [5.41, 5.74) is 3.18. The SMILES string of the molecule is CC1CN(C(=O)OCc2ccccc2)c2ccccc21. The summed E-state index contributed by atoms with van der Waals surface area (Å²) in [4.78, 5) is 14.0. The van der Waals surface area contributed by atoms with Crippen molar-refractivity contribution in [1.82, 2.24) is 0 Å². The van der Waals surface area contributed by atoms with Crippen LogP contribution in [0.1, 0.15) is 24.0 Å². The van der Waals surface area contributed by atoms with E-state index in [9.17, 15) is 4.79 Å². The van der Waals surface area contributed by atoms with Gasteiger partial charge >= 0.3 is 6.09 Å². The van der Waals surface area contributed by atoms with E-state index in [2.05, 4.69) is 13.0 Å². The van der Waals surface area contributed by atoms with Crippen LogP contribution in [0.25, 0.3) is 0 Å². The van der Waals surface area contributed by atoms with Crippen LogP contribution in [-0.4, -0.2) is 12.6 Å². The fourth-order valence-corrected chi connectivity index (χ4v) is 2.59. The molecule has 20 heavy (non-hydrogen) atoms. The number of ether oxygens (including phenoxy) is 1. The lowest BCUT2D eigenvalue weighted by Crippen LogP contribution is -2.30. The smallest absolute Gasteiger partial charge is 0.414 e. The van der Waals surface area contributed by atoms with Gasteiger partial charge in [0.15, 0.2) is 0 Å². The molecule has 0 spiro atoms. The summed E-state index contributed by atoms with van der Waals surface area (Å²) < 4.78 is 5.40. The van der Waals surface area contributed by atoms with Crippen LogP contribution in [0.5, 0.6) is 0 Å². The summed E-state index contributed by atoms with van der Waals surface area (Å²) in [5, 5.41) is 0. The number of rotatable bonds is 2. The van der Waals surface area contributed by atoms with E-state index in [1.54, 1.807) is 4.90 Å². The van der Waals surface area contributed by atoms with Crippen LogP contribution in [0, 0.1) is 0 Å². The molecular formula is C17H17NO2. The summed E-state index contributed by atoms with van der Waals surface area (Å²) in [6, 6.07) is 17.7. The lowest BCUT2D eigenvalue weighted by atomic mass is 10.0. The maximum absolute atomic E-state index is 12.2. The van der Waals surface area contributed by atoms with Gasteiger partial charge in [-0.15, -0.1) is 0 Å². The number of hydrogen-bond acceptors (Lipinski definition) is 2. The Morgan fingerprint density at radius 2 is 1.85 bits per heavy atom. The van der Waals surface area contributed by atoms with Gasteiger partial charge < -0.3 is 4.74 Å². The van der Waals surface area contributed by atoms with Gasteiger partial charge in [0.25, 0.3) is 0 Å². The monoisotopic (exact) mass is 267 g/mol. The van der Waals surface area contributed by atoms with Crippen LogP contribution >= 0.6 is 0 Å². The highest BCUT2D eigenvalue weighted by atomic mass is 16.6. The Bertz CT molecular complexity index is 609.